The molecular formula is C33H42. The summed E-state index contributed by atoms with van der Waals surface area (Å²) in [5.74, 6) is 0.942. The van der Waals surface area contributed by atoms with E-state index in [0.29, 0.717) is 11.8 Å². The molecule has 0 heterocycles. The van der Waals surface area contributed by atoms with E-state index in [1.807, 2.05) is 0 Å². The summed E-state index contributed by atoms with van der Waals surface area (Å²) in [6, 6.07) is 14.7. The van der Waals surface area contributed by atoms with Crippen molar-refractivity contribution in [3.63, 3.8) is 0 Å². The van der Waals surface area contributed by atoms with Crippen molar-refractivity contribution in [3.05, 3.63) is 82.0 Å². The molecule has 0 bridgehead atoms. The molecule has 2 aromatic carbocycles. The van der Waals surface area contributed by atoms with Gasteiger partial charge in [0.15, 0.2) is 0 Å². The lowest BCUT2D eigenvalue weighted by Gasteiger charge is -2.38. The van der Waals surface area contributed by atoms with Gasteiger partial charge in [-0.3, -0.25) is 0 Å². The van der Waals surface area contributed by atoms with Crippen molar-refractivity contribution in [2.24, 2.45) is 16.7 Å². The number of hydrogen-bond acceptors (Lipinski definition) is 0. The minimum absolute atomic E-state index is 0.149. The predicted molar refractivity (Wildman–Crippen MR) is 143 cm³/mol. The lowest BCUT2D eigenvalue weighted by atomic mass is 9.64. The second-order valence-electron chi connectivity index (χ2n) is 14.1. The summed E-state index contributed by atoms with van der Waals surface area (Å²) in [6.07, 6.45) is 6.29. The zero-order valence-corrected chi connectivity index (χ0v) is 22.5. The summed E-state index contributed by atoms with van der Waals surface area (Å²) in [5.41, 5.74) is 12.7. The molecule has 174 valence electrons. The highest BCUT2D eigenvalue weighted by atomic mass is 14.6. The van der Waals surface area contributed by atoms with Crippen LogP contribution in [-0.4, -0.2) is 0 Å². The third kappa shape index (κ3) is 3.31. The van der Waals surface area contributed by atoms with Crippen molar-refractivity contribution < 1.29 is 0 Å². The maximum absolute atomic E-state index is 2.59. The van der Waals surface area contributed by atoms with Crippen molar-refractivity contribution >= 4 is 0 Å². The molecule has 0 nitrogen and oxygen atoms in total. The Balaban J connectivity index is 1.78. The Morgan fingerprint density at radius 2 is 1.24 bits per heavy atom. The van der Waals surface area contributed by atoms with Gasteiger partial charge < -0.3 is 0 Å². The van der Waals surface area contributed by atoms with Gasteiger partial charge in [0.1, 0.15) is 0 Å². The molecule has 0 spiro atoms. The van der Waals surface area contributed by atoms with Gasteiger partial charge in [0.2, 0.25) is 0 Å². The van der Waals surface area contributed by atoms with E-state index in [1.165, 1.54) is 34.2 Å². The van der Waals surface area contributed by atoms with Crippen LogP contribution in [0.1, 0.15) is 104 Å². The SMILES string of the molecule is CC1=CC2C(=C1)C(C)(C)CC2(C)C1c2cc(C(C)(C)C)ccc2-c2ccc(C(C)(C)C)cc21. The Morgan fingerprint density at radius 1 is 0.758 bits per heavy atom. The molecule has 1 fully saturated rings. The second-order valence-corrected chi connectivity index (χ2v) is 14.1. The van der Waals surface area contributed by atoms with Gasteiger partial charge in [-0.2, -0.15) is 0 Å². The first-order chi connectivity index (χ1) is 15.1. The molecule has 1 saturated carbocycles. The first-order valence-electron chi connectivity index (χ1n) is 12.8. The number of benzene rings is 2. The van der Waals surface area contributed by atoms with Gasteiger partial charge in [0.05, 0.1) is 0 Å². The summed E-state index contributed by atoms with van der Waals surface area (Å²) in [4.78, 5) is 0. The Bertz CT molecular complexity index is 1140. The monoisotopic (exact) mass is 438 g/mol. The van der Waals surface area contributed by atoms with Crippen LogP contribution in [0, 0.1) is 16.7 Å². The minimum atomic E-state index is 0.149. The van der Waals surface area contributed by atoms with E-state index in [0.717, 1.165) is 0 Å². The predicted octanol–water partition coefficient (Wildman–Crippen LogP) is 9.33. The molecule has 5 rings (SSSR count). The summed E-state index contributed by atoms with van der Waals surface area (Å²) < 4.78 is 0. The van der Waals surface area contributed by atoms with Gasteiger partial charge in [-0.15, -0.1) is 0 Å². The van der Waals surface area contributed by atoms with Gasteiger partial charge >= 0.3 is 0 Å². The summed E-state index contributed by atoms with van der Waals surface area (Å²) >= 11 is 0. The van der Waals surface area contributed by atoms with Crippen LogP contribution < -0.4 is 0 Å². The highest BCUT2D eigenvalue weighted by Gasteiger charge is 2.57. The van der Waals surface area contributed by atoms with Crippen LogP contribution in [0.2, 0.25) is 0 Å². The highest BCUT2D eigenvalue weighted by Crippen LogP contribution is 2.68. The van der Waals surface area contributed by atoms with Gasteiger partial charge in [0.25, 0.3) is 0 Å². The lowest BCUT2D eigenvalue weighted by molar-refractivity contribution is 0.220. The van der Waals surface area contributed by atoms with Gasteiger partial charge in [-0.1, -0.05) is 122 Å². The molecular weight excluding hydrogens is 396 g/mol. The quantitative estimate of drug-likeness (QED) is 0.416. The van der Waals surface area contributed by atoms with Crippen LogP contribution in [0.25, 0.3) is 11.1 Å². The summed E-state index contributed by atoms with van der Waals surface area (Å²) in [7, 11) is 0. The standard InChI is InChI=1S/C33H42/c1-20-15-27-28(16-20)33(10,19-32(27,8)9)29-25-17-21(30(2,3)4)11-13-23(25)24-14-12-22(18-26(24)29)31(5,6)7/h11-18,28-29H,19H2,1-10H3. The van der Waals surface area contributed by atoms with Crippen LogP contribution in [-0.2, 0) is 10.8 Å². The van der Waals surface area contributed by atoms with E-state index < -0.39 is 0 Å². The molecule has 3 aliphatic rings. The molecule has 2 atom stereocenters. The number of hydrogen-bond donors (Lipinski definition) is 0. The molecule has 2 unspecified atom stereocenters. The van der Waals surface area contributed by atoms with E-state index in [2.05, 4.69) is 118 Å². The Kier molecular flexibility index (Phi) is 4.64. The maximum Gasteiger partial charge on any atom is 0.0165 e. The van der Waals surface area contributed by atoms with E-state index in [9.17, 15) is 0 Å². The smallest absolute Gasteiger partial charge is 0.0165 e. The van der Waals surface area contributed by atoms with E-state index >= 15 is 0 Å². The summed E-state index contributed by atoms with van der Waals surface area (Å²) in [6.45, 7) is 23.9. The normalized spacial score (nSPS) is 26.1. The van der Waals surface area contributed by atoms with E-state index in [4.69, 9.17) is 0 Å². The van der Waals surface area contributed by atoms with Gasteiger partial charge in [-0.25, -0.2) is 0 Å². The van der Waals surface area contributed by atoms with Crippen molar-refractivity contribution in [1.29, 1.82) is 0 Å². The van der Waals surface area contributed by atoms with Gasteiger partial charge in [-0.05, 0) is 68.4 Å². The topological polar surface area (TPSA) is 0 Å². The fourth-order valence-electron chi connectivity index (χ4n) is 7.25. The molecule has 2 aromatic rings. The Labute approximate surface area is 202 Å². The van der Waals surface area contributed by atoms with Crippen molar-refractivity contribution in [2.45, 2.75) is 92.4 Å². The molecule has 0 N–H and O–H groups in total. The maximum atomic E-state index is 2.59. The number of fused-ring (bicyclic) bond motifs is 4. The van der Waals surface area contributed by atoms with Crippen LogP contribution in [0.5, 0.6) is 0 Å². The Hall–Kier alpha value is -2.08. The first kappa shape index (κ1) is 22.7. The first-order valence-corrected chi connectivity index (χ1v) is 12.8. The fourth-order valence-corrected chi connectivity index (χ4v) is 7.25. The molecule has 3 aliphatic carbocycles. The van der Waals surface area contributed by atoms with E-state index in [-0.39, 0.29) is 21.7 Å². The Morgan fingerprint density at radius 3 is 1.70 bits per heavy atom. The molecule has 33 heavy (non-hydrogen) atoms. The molecule has 0 saturated heterocycles. The fraction of sp³-hybridized carbons (Fsp3) is 0.515. The van der Waals surface area contributed by atoms with Crippen molar-refractivity contribution in [3.8, 4) is 11.1 Å². The third-order valence-corrected chi connectivity index (χ3v) is 8.87. The zero-order valence-electron chi connectivity index (χ0n) is 22.5. The molecule has 0 amide bonds. The minimum Gasteiger partial charge on any atom is -0.0738 e. The zero-order chi connectivity index (χ0) is 24.1. The van der Waals surface area contributed by atoms with Crippen LogP contribution in [0.15, 0.2) is 59.7 Å². The van der Waals surface area contributed by atoms with Crippen LogP contribution in [0.4, 0.5) is 0 Å². The highest BCUT2D eigenvalue weighted by molar-refractivity contribution is 5.80. The second kappa shape index (κ2) is 6.74. The van der Waals surface area contributed by atoms with Gasteiger partial charge in [0, 0.05) is 11.8 Å². The molecule has 0 heteroatoms. The van der Waals surface area contributed by atoms with Crippen molar-refractivity contribution in [1.82, 2.24) is 0 Å². The average molecular weight is 439 g/mol. The lowest BCUT2D eigenvalue weighted by Crippen LogP contribution is -2.29. The number of allylic oxidation sites excluding steroid dienone is 4. The third-order valence-electron chi connectivity index (χ3n) is 8.87. The van der Waals surface area contributed by atoms with Crippen molar-refractivity contribution in [2.75, 3.05) is 0 Å². The molecule has 0 radical (unpaired) electrons. The average Bonchev–Trinajstić information content (AvgIpc) is 3.29. The molecule has 0 aliphatic heterocycles. The largest absolute Gasteiger partial charge is 0.0738 e. The summed E-state index contributed by atoms with van der Waals surface area (Å²) in [5, 5.41) is 0. The number of rotatable bonds is 1. The van der Waals surface area contributed by atoms with E-state index in [1.54, 1.807) is 16.7 Å². The van der Waals surface area contributed by atoms with Crippen LogP contribution in [0.3, 0.4) is 0 Å². The molecule has 0 aromatic heterocycles. The van der Waals surface area contributed by atoms with Crippen LogP contribution >= 0.6 is 0 Å².